The average molecular weight is 527 g/mol. The number of hydrogen-bond donors (Lipinski definition) is 1. The van der Waals surface area contributed by atoms with Gasteiger partial charge in [0.15, 0.2) is 10.9 Å². The van der Waals surface area contributed by atoms with Crippen LogP contribution in [0.5, 0.6) is 0 Å². The van der Waals surface area contributed by atoms with Gasteiger partial charge in [0.2, 0.25) is 5.91 Å². The molecule has 0 aliphatic heterocycles. The highest BCUT2D eigenvalue weighted by molar-refractivity contribution is 9.10. The number of nitrogens with one attached hydrogen (secondary N) is 1. The van der Waals surface area contributed by atoms with E-state index in [0.717, 1.165) is 28.4 Å². The van der Waals surface area contributed by atoms with Gasteiger partial charge in [0, 0.05) is 35.6 Å². The number of halogens is 4. The van der Waals surface area contributed by atoms with E-state index in [1.54, 1.807) is 24.3 Å². The Bertz CT molecular complexity index is 1120. The van der Waals surface area contributed by atoms with Crippen LogP contribution in [-0.2, 0) is 17.4 Å². The van der Waals surface area contributed by atoms with E-state index in [2.05, 4.69) is 31.4 Å². The van der Waals surface area contributed by atoms with E-state index in [9.17, 15) is 22.8 Å². The van der Waals surface area contributed by atoms with E-state index in [4.69, 9.17) is 0 Å². The number of benzene rings is 2. The minimum absolute atomic E-state index is 0.0322. The summed E-state index contributed by atoms with van der Waals surface area (Å²) in [5.74, 6) is 0.0205. The molecule has 6 nitrogen and oxygen atoms in total. The van der Waals surface area contributed by atoms with Gasteiger partial charge in [0.25, 0.3) is 0 Å². The molecule has 1 N–H and O–H groups in total. The lowest BCUT2D eigenvalue weighted by Crippen LogP contribution is -2.23. The molecule has 1 aromatic heterocycles. The lowest BCUT2D eigenvalue weighted by atomic mass is 10.2. The van der Waals surface area contributed by atoms with Crippen LogP contribution in [-0.4, -0.2) is 38.8 Å². The molecular weight excluding hydrogens is 509 g/mol. The summed E-state index contributed by atoms with van der Waals surface area (Å²) in [7, 11) is 0. The minimum Gasteiger partial charge on any atom is -0.356 e. The number of hydrogen-bond acceptors (Lipinski definition) is 5. The van der Waals surface area contributed by atoms with Crippen molar-refractivity contribution in [2.75, 3.05) is 12.3 Å². The van der Waals surface area contributed by atoms with Crippen LogP contribution in [0.1, 0.15) is 28.7 Å². The Kier molecular flexibility index (Phi) is 7.73. The van der Waals surface area contributed by atoms with Gasteiger partial charge in [-0.15, -0.1) is 10.2 Å². The number of carbonyl (C=O) groups excluding carboxylic acids is 2. The van der Waals surface area contributed by atoms with Crippen molar-refractivity contribution in [1.29, 1.82) is 0 Å². The van der Waals surface area contributed by atoms with E-state index in [1.165, 1.54) is 23.6 Å². The summed E-state index contributed by atoms with van der Waals surface area (Å²) in [5.41, 5.74) is -0.0728. The first-order valence-electron chi connectivity index (χ1n) is 9.43. The van der Waals surface area contributed by atoms with Crippen LogP contribution in [0, 0.1) is 0 Å². The molecule has 1 amide bonds. The van der Waals surface area contributed by atoms with Crippen LogP contribution in [0.15, 0.2) is 58.2 Å². The zero-order chi connectivity index (χ0) is 23.3. The van der Waals surface area contributed by atoms with Crippen LogP contribution >= 0.6 is 27.7 Å². The van der Waals surface area contributed by atoms with Gasteiger partial charge in [-0.25, -0.2) is 0 Å². The molecule has 3 rings (SSSR count). The number of amides is 1. The number of alkyl halides is 3. The van der Waals surface area contributed by atoms with Crippen molar-refractivity contribution in [1.82, 2.24) is 20.1 Å². The highest BCUT2D eigenvalue weighted by atomic mass is 79.9. The molecular formula is C21H18BrF3N4O2S. The molecule has 32 heavy (non-hydrogen) atoms. The second kappa shape index (κ2) is 10.3. The molecule has 3 aromatic rings. The largest absolute Gasteiger partial charge is 0.416 e. The van der Waals surface area contributed by atoms with Gasteiger partial charge in [0.05, 0.1) is 11.3 Å². The summed E-state index contributed by atoms with van der Waals surface area (Å²) < 4.78 is 42.0. The van der Waals surface area contributed by atoms with Gasteiger partial charge in [-0.1, -0.05) is 45.9 Å². The molecule has 0 atom stereocenters. The van der Waals surface area contributed by atoms with Crippen molar-refractivity contribution in [2.24, 2.45) is 0 Å². The zero-order valence-electron chi connectivity index (χ0n) is 16.8. The molecule has 0 saturated heterocycles. The summed E-state index contributed by atoms with van der Waals surface area (Å²) >= 11 is 4.40. The first-order valence-corrected chi connectivity index (χ1v) is 11.2. The lowest BCUT2D eigenvalue weighted by Gasteiger charge is -2.13. The Morgan fingerprint density at radius 3 is 2.50 bits per heavy atom. The molecule has 1 heterocycles. The number of Topliss-reactive ketones (excluding diaryl/α,β-unsaturated/α-hetero) is 1. The summed E-state index contributed by atoms with van der Waals surface area (Å²) in [6, 6.07) is 11.7. The second-order valence-electron chi connectivity index (χ2n) is 6.73. The Hall–Kier alpha value is -2.66. The third-order valence-electron chi connectivity index (χ3n) is 4.35. The van der Waals surface area contributed by atoms with Crippen molar-refractivity contribution in [3.8, 4) is 5.69 Å². The fraction of sp³-hybridized carbons (Fsp3) is 0.238. The molecule has 0 saturated carbocycles. The first-order chi connectivity index (χ1) is 15.1. The van der Waals surface area contributed by atoms with Gasteiger partial charge in [0.1, 0.15) is 5.82 Å². The first kappa shape index (κ1) is 24.0. The fourth-order valence-corrected chi connectivity index (χ4v) is 3.97. The summed E-state index contributed by atoms with van der Waals surface area (Å²) in [4.78, 5) is 23.7. The predicted octanol–water partition coefficient (Wildman–Crippen LogP) is 4.70. The van der Waals surface area contributed by atoms with E-state index >= 15 is 0 Å². The highest BCUT2D eigenvalue weighted by Crippen LogP contribution is 2.32. The number of nitrogens with zero attached hydrogens (tertiary/aromatic N) is 3. The maximum atomic E-state index is 13.2. The molecule has 0 aliphatic rings. The Labute approximate surface area is 194 Å². The van der Waals surface area contributed by atoms with Gasteiger partial charge in [-0.3, -0.25) is 14.2 Å². The second-order valence-corrected chi connectivity index (χ2v) is 8.59. The fourth-order valence-electron chi connectivity index (χ4n) is 2.84. The molecule has 0 radical (unpaired) electrons. The van der Waals surface area contributed by atoms with Crippen LogP contribution in [0.3, 0.4) is 0 Å². The summed E-state index contributed by atoms with van der Waals surface area (Å²) in [6.07, 6.45) is -4.25. The summed E-state index contributed by atoms with van der Waals surface area (Å²) in [6.45, 7) is 1.61. The molecule has 168 valence electrons. The van der Waals surface area contributed by atoms with Crippen molar-refractivity contribution in [2.45, 2.75) is 24.7 Å². The van der Waals surface area contributed by atoms with Gasteiger partial charge >= 0.3 is 6.18 Å². The van der Waals surface area contributed by atoms with Gasteiger partial charge in [-0.2, -0.15) is 13.2 Å². The van der Waals surface area contributed by atoms with Crippen molar-refractivity contribution >= 4 is 39.4 Å². The number of thioether (sulfide) groups is 1. The Morgan fingerprint density at radius 2 is 1.84 bits per heavy atom. The predicted molar refractivity (Wildman–Crippen MR) is 118 cm³/mol. The quantitative estimate of drug-likeness (QED) is 0.340. The molecule has 0 unspecified atom stereocenters. The van der Waals surface area contributed by atoms with Crippen LogP contribution in [0.4, 0.5) is 13.2 Å². The van der Waals surface area contributed by atoms with Crippen molar-refractivity contribution < 1.29 is 22.8 Å². The Morgan fingerprint density at radius 1 is 1.12 bits per heavy atom. The standard InChI is InChI=1S/C21H18BrF3N4O2S/c1-13(30)26-10-9-19-27-28-20(32-12-18(31)14-5-7-16(22)8-6-14)29(19)17-4-2-3-15(11-17)21(23,24)25/h2-8,11H,9-10,12H2,1H3,(H,26,30). The minimum atomic E-state index is -4.51. The van der Waals surface area contributed by atoms with E-state index in [-0.39, 0.29) is 41.3 Å². The molecule has 0 fully saturated rings. The maximum Gasteiger partial charge on any atom is 0.416 e. The highest BCUT2D eigenvalue weighted by Gasteiger charge is 2.31. The zero-order valence-corrected chi connectivity index (χ0v) is 19.2. The maximum absolute atomic E-state index is 13.2. The van der Waals surface area contributed by atoms with E-state index in [1.807, 2.05) is 0 Å². The Balaban J connectivity index is 1.89. The average Bonchev–Trinajstić information content (AvgIpc) is 3.14. The van der Waals surface area contributed by atoms with E-state index < -0.39 is 11.7 Å². The monoisotopic (exact) mass is 526 g/mol. The SMILES string of the molecule is CC(=O)NCCc1nnc(SCC(=O)c2ccc(Br)cc2)n1-c1cccc(C(F)(F)F)c1. The summed E-state index contributed by atoms with van der Waals surface area (Å²) in [5, 5.41) is 11.1. The van der Waals surface area contributed by atoms with Crippen molar-refractivity contribution in [3.63, 3.8) is 0 Å². The molecule has 2 aromatic carbocycles. The molecule has 11 heteroatoms. The third kappa shape index (κ3) is 6.19. The van der Waals surface area contributed by atoms with Gasteiger partial charge in [-0.05, 0) is 30.3 Å². The molecule has 0 spiro atoms. The van der Waals surface area contributed by atoms with Gasteiger partial charge < -0.3 is 5.32 Å². The number of aromatic nitrogens is 3. The van der Waals surface area contributed by atoms with Crippen LogP contribution in [0.2, 0.25) is 0 Å². The third-order valence-corrected chi connectivity index (χ3v) is 5.81. The number of carbonyl (C=O) groups is 2. The number of rotatable bonds is 8. The van der Waals surface area contributed by atoms with E-state index in [0.29, 0.717) is 11.4 Å². The lowest BCUT2D eigenvalue weighted by molar-refractivity contribution is -0.137. The molecule has 0 bridgehead atoms. The van der Waals surface area contributed by atoms with Crippen LogP contribution in [0.25, 0.3) is 5.69 Å². The molecule has 0 aliphatic carbocycles. The number of ketones is 1. The topological polar surface area (TPSA) is 76.9 Å². The van der Waals surface area contributed by atoms with Crippen molar-refractivity contribution in [3.05, 3.63) is 70.0 Å². The smallest absolute Gasteiger partial charge is 0.356 e. The van der Waals surface area contributed by atoms with Crippen LogP contribution < -0.4 is 5.32 Å². The normalized spacial score (nSPS) is 11.4.